The van der Waals surface area contributed by atoms with E-state index >= 15 is 0 Å². The zero-order chi connectivity index (χ0) is 23.6. The molecule has 31 heavy (non-hydrogen) atoms. The van der Waals surface area contributed by atoms with Gasteiger partial charge in [-0.05, 0) is 37.7 Å². The average Bonchev–Trinajstić information content (AvgIpc) is 3.21. The molecule has 176 valence electrons. The van der Waals surface area contributed by atoms with E-state index in [0.29, 0.717) is 31.6 Å². The maximum absolute atomic E-state index is 13.2. The first-order valence-electron chi connectivity index (χ1n) is 9.90. The molecule has 0 radical (unpaired) electrons. The number of aliphatic carboxylic acids is 1. The van der Waals surface area contributed by atoms with Crippen LogP contribution in [0.1, 0.15) is 32.1 Å². The highest BCUT2D eigenvalue weighted by Gasteiger charge is 2.38. The van der Waals surface area contributed by atoms with Crippen LogP contribution in [0.15, 0.2) is 0 Å². The summed E-state index contributed by atoms with van der Waals surface area (Å²) in [5.74, 6) is -2.88. The number of carbonyl (C=O) groups excluding carboxylic acids is 4. The molecule has 1 rings (SSSR count). The molecule has 4 unspecified atom stereocenters. The van der Waals surface area contributed by atoms with Crippen LogP contribution in [0.25, 0.3) is 0 Å². The van der Waals surface area contributed by atoms with E-state index in [0.717, 1.165) is 0 Å². The summed E-state index contributed by atoms with van der Waals surface area (Å²) in [5.41, 5.74) is 10.9. The van der Waals surface area contributed by atoms with Crippen LogP contribution in [0.2, 0.25) is 0 Å². The van der Waals surface area contributed by atoms with E-state index in [4.69, 9.17) is 16.6 Å². The predicted molar refractivity (Wildman–Crippen MR) is 119 cm³/mol. The predicted octanol–water partition coefficient (Wildman–Crippen LogP) is -1.69. The van der Waals surface area contributed by atoms with Gasteiger partial charge in [0.1, 0.15) is 18.1 Å². The number of hydrogen-bond acceptors (Lipinski definition) is 8. The Bertz CT molecular complexity index is 680. The maximum Gasteiger partial charge on any atom is 0.327 e. The average molecular weight is 478 g/mol. The van der Waals surface area contributed by atoms with Crippen molar-refractivity contribution in [1.29, 1.82) is 0 Å². The number of nitrogens with one attached hydrogen (secondary N) is 2. The monoisotopic (exact) mass is 477 g/mol. The fourth-order valence-electron chi connectivity index (χ4n) is 3.16. The Morgan fingerprint density at radius 2 is 1.87 bits per heavy atom. The summed E-state index contributed by atoms with van der Waals surface area (Å²) in [7, 11) is 0. The second-order valence-electron chi connectivity index (χ2n) is 7.23. The van der Waals surface area contributed by atoms with Gasteiger partial charge in [-0.3, -0.25) is 19.2 Å². The Morgan fingerprint density at radius 1 is 1.19 bits per heavy atom. The maximum atomic E-state index is 13.2. The third-order valence-electron chi connectivity index (χ3n) is 4.90. The summed E-state index contributed by atoms with van der Waals surface area (Å²) in [5, 5.41) is 14.1. The van der Waals surface area contributed by atoms with Crippen molar-refractivity contribution in [3.05, 3.63) is 0 Å². The lowest BCUT2D eigenvalue weighted by Crippen LogP contribution is -2.57. The van der Waals surface area contributed by atoms with Crippen LogP contribution < -0.4 is 22.1 Å². The van der Waals surface area contributed by atoms with Gasteiger partial charge in [0.05, 0.1) is 6.04 Å². The van der Waals surface area contributed by atoms with E-state index in [1.807, 2.05) is 6.26 Å². The fourth-order valence-corrected chi connectivity index (χ4v) is 3.88. The number of amides is 4. The van der Waals surface area contributed by atoms with Gasteiger partial charge in [-0.1, -0.05) is 0 Å². The zero-order valence-electron chi connectivity index (χ0n) is 17.4. The first kappa shape index (κ1) is 27.0. The molecule has 0 spiro atoms. The van der Waals surface area contributed by atoms with Gasteiger partial charge >= 0.3 is 5.97 Å². The summed E-state index contributed by atoms with van der Waals surface area (Å²) in [6, 6.07) is -3.88. The van der Waals surface area contributed by atoms with Crippen LogP contribution in [-0.2, 0) is 24.0 Å². The molecule has 1 heterocycles. The molecule has 0 bridgehead atoms. The summed E-state index contributed by atoms with van der Waals surface area (Å²) in [4.78, 5) is 61.6. The highest BCUT2D eigenvalue weighted by molar-refractivity contribution is 7.98. The Morgan fingerprint density at radius 3 is 2.42 bits per heavy atom. The minimum Gasteiger partial charge on any atom is -0.480 e. The van der Waals surface area contributed by atoms with Gasteiger partial charge in [0.15, 0.2) is 0 Å². The van der Waals surface area contributed by atoms with Gasteiger partial charge in [-0.15, -0.1) is 0 Å². The highest BCUT2D eigenvalue weighted by Crippen LogP contribution is 2.20. The summed E-state index contributed by atoms with van der Waals surface area (Å²) >= 11 is 5.42. The van der Waals surface area contributed by atoms with Crippen molar-refractivity contribution < 1.29 is 29.1 Å². The van der Waals surface area contributed by atoms with Crippen molar-refractivity contribution in [3.8, 4) is 0 Å². The van der Waals surface area contributed by atoms with E-state index in [-0.39, 0.29) is 18.6 Å². The molecule has 1 aliphatic heterocycles. The van der Waals surface area contributed by atoms with Crippen LogP contribution in [-0.4, -0.2) is 88.1 Å². The molecular weight excluding hydrogens is 446 g/mol. The molecule has 1 saturated heterocycles. The van der Waals surface area contributed by atoms with Gasteiger partial charge < -0.3 is 32.1 Å². The number of likely N-dealkylation sites (tertiary alicyclic amines) is 1. The summed E-state index contributed by atoms with van der Waals surface area (Å²) in [6.45, 7) is 0.314. The molecule has 13 heteroatoms. The van der Waals surface area contributed by atoms with Crippen molar-refractivity contribution in [3.63, 3.8) is 0 Å². The van der Waals surface area contributed by atoms with Gasteiger partial charge in [0.25, 0.3) is 0 Å². The lowest BCUT2D eigenvalue weighted by Gasteiger charge is -2.29. The molecule has 4 atom stereocenters. The van der Waals surface area contributed by atoms with Gasteiger partial charge in [-0.25, -0.2) is 4.79 Å². The number of primary amides is 1. The lowest BCUT2D eigenvalue weighted by molar-refractivity contribution is -0.144. The number of carboxylic acids is 1. The lowest BCUT2D eigenvalue weighted by atomic mass is 10.1. The Labute approximate surface area is 190 Å². The number of carboxylic acid groups (broad SMARTS) is 1. The van der Waals surface area contributed by atoms with Crippen LogP contribution in [0.5, 0.6) is 0 Å². The van der Waals surface area contributed by atoms with Crippen molar-refractivity contribution in [2.75, 3.05) is 24.3 Å². The standard InChI is InChI=1S/C18H31N5O6S2/c1-31-8-6-11(21-15(25)10(19)4-5-14(20)24)17(27)23-7-2-3-13(23)16(26)22-12(9-30)18(28)29/h10-13,30H,2-9,19H2,1H3,(H2,20,24)(H,21,25)(H,22,26)(H,28,29). The van der Waals surface area contributed by atoms with Crippen molar-refractivity contribution >= 4 is 54.0 Å². The second-order valence-corrected chi connectivity index (χ2v) is 8.58. The normalized spacial score (nSPS) is 18.7. The second kappa shape index (κ2) is 13.4. The topological polar surface area (TPSA) is 185 Å². The molecule has 1 aliphatic rings. The van der Waals surface area contributed by atoms with Gasteiger partial charge in [-0.2, -0.15) is 24.4 Å². The number of nitrogens with zero attached hydrogens (tertiary/aromatic N) is 1. The van der Waals surface area contributed by atoms with Crippen LogP contribution in [0.4, 0.5) is 0 Å². The van der Waals surface area contributed by atoms with Gasteiger partial charge in [0.2, 0.25) is 23.6 Å². The van der Waals surface area contributed by atoms with Crippen molar-refractivity contribution in [2.24, 2.45) is 11.5 Å². The third-order valence-corrected chi connectivity index (χ3v) is 5.91. The molecule has 0 aliphatic carbocycles. The molecule has 11 nitrogen and oxygen atoms in total. The Kier molecular flexibility index (Phi) is 11.7. The number of thioether (sulfide) groups is 1. The van der Waals surface area contributed by atoms with E-state index in [1.54, 1.807) is 0 Å². The van der Waals surface area contributed by atoms with Crippen LogP contribution in [0, 0.1) is 0 Å². The van der Waals surface area contributed by atoms with Crippen molar-refractivity contribution in [1.82, 2.24) is 15.5 Å². The van der Waals surface area contributed by atoms with Crippen LogP contribution in [0.3, 0.4) is 0 Å². The molecular formula is C18H31N5O6S2. The van der Waals surface area contributed by atoms with Gasteiger partial charge in [0, 0.05) is 18.7 Å². The number of thiol groups is 1. The first-order chi connectivity index (χ1) is 14.6. The molecule has 0 aromatic heterocycles. The SMILES string of the molecule is CSCCC(NC(=O)C(N)CCC(N)=O)C(=O)N1CCCC1C(=O)NC(CS)C(=O)O. The largest absolute Gasteiger partial charge is 0.480 e. The summed E-state index contributed by atoms with van der Waals surface area (Å²) in [6.07, 6.45) is 3.15. The van der Waals surface area contributed by atoms with Crippen molar-refractivity contribution in [2.45, 2.75) is 56.3 Å². The molecule has 0 aromatic rings. The Balaban J connectivity index is 2.87. The Hall–Kier alpha value is -1.99. The van der Waals surface area contributed by atoms with E-state index in [9.17, 15) is 24.0 Å². The molecule has 7 N–H and O–H groups in total. The molecule has 4 amide bonds. The number of nitrogens with two attached hydrogens (primary N) is 2. The molecule has 1 fully saturated rings. The van der Waals surface area contributed by atoms with E-state index < -0.39 is 53.8 Å². The molecule has 0 saturated carbocycles. The quantitative estimate of drug-likeness (QED) is 0.170. The number of hydrogen-bond donors (Lipinski definition) is 6. The third kappa shape index (κ3) is 8.57. The van der Waals surface area contributed by atoms with E-state index in [2.05, 4.69) is 23.3 Å². The number of rotatable bonds is 13. The number of carbonyl (C=O) groups is 5. The van der Waals surface area contributed by atoms with E-state index in [1.165, 1.54) is 16.7 Å². The summed E-state index contributed by atoms with van der Waals surface area (Å²) < 4.78 is 0. The molecule has 0 aromatic carbocycles. The fraction of sp³-hybridized carbons (Fsp3) is 0.722. The minimum atomic E-state index is -1.21. The van der Waals surface area contributed by atoms with Crippen LogP contribution >= 0.6 is 24.4 Å². The highest BCUT2D eigenvalue weighted by atomic mass is 32.2. The smallest absolute Gasteiger partial charge is 0.327 e. The minimum absolute atomic E-state index is 0.0533. The first-order valence-corrected chi connectivity index (χ1v) is 11.9. The zero-order valence-corrected chi connectivity index (χ0v) is 19.1.